The third-order valence-corrected chi connectivity index (χ3v) is 4.63. The SMILES string of the molecule is CCNC(=NCc1ccc(C)c(OC)c1)NC(C)CCCN(CC)CC.I. The number of methoxy groups -OCH3 is 1. The predicted octanol–water partition coefficient (Wildman–Crippen LogP) is 4.19. The molecule has 0 amide bonds. The molecule has 0 aliphatic carbocycles. The van der Waals surface area contributed by atoms with Crippen molar-refractivity contribution in [2.45, 2.75) is 60.0 Å². The first-order chi connectivity index (χ1) is 12.5. The first-order valence-electron chi connectivity index (χ1n) is 9.94. The van der Waals surface area contributed by atoms with Crippen molar-refractivity contribution >= 4 is 29.9 Å². The maximum Gasteiger partial charge on any atom is 0.191 e. The van der Waals surface area contributed by atoms with Gasteiger partial charge in [0.15, 0.2) is 5.96 Å². The molecule has 0 spiro atoms. The molecule has 6 heteroatoms. The van der Waals surface area contributed by atoms with E-state index in [1.54, 1.807) is 7.11 Å². The van der Waals surface area contributed by atoms with Crippen molar-refractivity contribution in [3.63, 3.8) is 0 Å². The first-order valence-corrected chi connectivity index (χ1v) is 9.94. The molecule has 27 heavy (non-hydrogen) atoms. The lowest BCUT2D eigenvalue weighted by molar-refractivity contribution is 0.292. The molecule has 1 atom stereocenters. The Bertz CT molecular complexity index is 547. The van der Waals surface area contributed by atoms with Crippen LogP contribution in [0.2, 0.25) is 0 Å². The van der Waals surface area contributed by atoms with Gasteiger partial charge in [-0.25, -0.2) is 4.99 Å². The normalized spacial score (nSPS) is 12.5. The fourth-order valence-corrected chi connectivity index (χ4v) is 2.92. The fraction of sp³-hybridized carbons (Fsp3) is 0.667. The molecular weight excluding hydrogens is 451 g/mol. The second kappa shape index (κ2) is 15.0. The number of hydrogen-bond acceptors (Lipinski definition) is 3. The van der Waals surface area contributed by atoms with Crippen molar-refractivity contribution in [2.75, 3.05) is 33.3 Å². The minimum absolute atomic E-state index is 0. The summed E-state index contributed by atoms with van der Waals surface area (Å²) >= 11 is 0. The van der Waals surface area contributed by atoms with E-state index in [2.05, 4.69) is 68.4 Å². The van der Waals surface area contributed by atoms with Gasteiger partial charge in [0.05, 0.1) is 13.7 Å². The van der Waals surface area contributed by atoms with Crippen molar-refractivity contribution in [3.8, 4) is 5.75 Å². The molecule has 1 rings (SSSR count). The van der Waals surface area contributed by atoms with Crippen molar-refractivity contribution in [1.29, 1.82) is 0 Å². The standard InChI is InChI=1S/C21H38N4O.HI/c1-7-22-21(24-18(5)11-10-14-25(8-2)9-3)23-16-19-13-12-17(4)20(15-19)26-6;/h12-13,15,18H,7-11,14,16H2,1-6H3,(H2,22,23,24);1H. The maximum absolute atomic E-state index is 5.40. The van der Waals surface area contributed by atoms with Crippen LogP contribution in [-0.4, -0.2) is 50.2 Å². The minimum Gasteiger partial charge on any atom is -0.496 e. The molecule has 0 aliphatic heterocycles. The summed E-state index contributed by atoms with van der Waals surface area (Å²) in [6, 6.07) is 6.66. The van der Waals surface area contributed by atoms with Crippen LogP contribution in [0.25, 0.3) is 0 Å². The van der Waals surface area contributed by atoms with Crippen molar-refractivity contribution in [3.05, 3.63) is 29.3 Å². The van der Waals surface area contributed by atoms with Crippen molar-refractivity contribution in [2.24, 2.45) is 4.99 Å². The Hall–Kier alpha value is -1.02. The highest BCUT2D eigenvalue weighted by molar-refractivity contribution is 14.0. The van der Waals surface area contributed by atoms with Crippen molar-refractivity contribution in [1.82, 2.24) is 15.5 Å². The van der Waals surface area contributed by atoms with Gasteiger partial charge in [0, 0.05) is 12.6 Å². The highest BCUT2D eigenvalue weighted by Crippen LogP contribution is 2.19. The second-order valence-corrected chi connectivity index (χ2v) is 6.71. The van der Waals surface area contributed by atoms with Gasteiger partial charge in [-0.2, -0.15) is 0 Å². The van der Waals surface area contributed by atoms with Crippen LogP contribution in [0.4, 0.5) is 0 Å². The van der Waals surface area contributed by atoms with Gasteiger partial charge in [-0.1, -0.05) is 26.0 Å². The summed E-state index contributed by atoms with van der Waals surface area (Å²) < 4.78 is 5.40. The molecule has 0 bridgehead atoms. The average Bonchev–Trinajstić information content (AvgIpc) is 2.64. The zero-order valence-corrected chi connectivity index (χ0v) is 20.3. The zero-order valence-electron chi connectivity index (χ0n) is 18.0. The summed E-state index contributed by atoms with van der Waals surface area (Å²) in [7, 11) is 1.71. The van der Waals surface area contributed by atoms with E-state index in [0.717, 1.165) is 55.4 Å². The predicted molar refractivity (Wildman–Crippen MR) is 128 cm³/mol. The molecule has 0 saturated carbocycles. The number of ether oxygens (including phenoxy) is 1. The molecule has 0 aromatic heterocycles. The smallest absolute Gasteiger partial charge is 0.191 e. The monoisotopic (exact) mass is 490 g/mol. The Morgan fingerprint density at radius 2 is 1.93 bits per heavy atom. The average molecular weight is 490 g/mol. The summed E-state index contributed by atoms with van der Waals surface area (Å²) in [5.74, 6) is 1.79. The lowest BCUT2D eigenvalue weighted by atomic mass is 10.1. The van der Waals surface area contributed by atoms with Crippen molar-refractivity contribution < 1.29 is 4.74 Å². The summed E-state index contributed by atoms with van der Waals surface area (Å²) in [5, 5.41) is 6.87. The van der Waals surface area contributed by atoms with Gasteiger partial charge >= 0.3 is 0 Å². The van der Waals surface area contributed by atoms with Crippen LogP contribution in [0.3, 0.4) is 0 Å². The Morgan fingerprint density at radius 1 is 1.22 bits per heavy atom. The zero-order chi connectivity index (χ0) is 19.4. The van der Waals surface area contributed by atoms with Gasteiger partial charge < -0.3 is 20.3 Å². The molecule has 2 N–H and O–H groups in total. The number of nitrogens with zero attached hydrogens (tertiary/aromatic N) is 2. The molecule has 0 aliphatic rings. The third kappa shape index (κ3) is 10.2. The van der Waals surface area contributed by atoms with E-state index in [1.807, 2.05) is 0 Å². The Balaban J connectivity index is 0.00000676. The number of guanidine groups is 1. The Labute approximate surface area is 183 Å². The highest BCUT2D eigenvalue weighted by Gasteiger charge is 2.07. The number of aryl methyl sites for hydroxylation is 1. The number of halogens is 1. The molecule has 5 nitrogen and oxygen atoms in total. The molecule has 1 aromatic rings. The third-order valence-electron chi connectivity index (χ3n) is 4.63. The summed E-state index contributed by atoms with van der Waals surface area (Å²) in [6.45, 7) is 15.7. The van der Waals surface area contributed by atoms with Crippen LogP contribution < -0.4 is 15.4 Å². The van der Waals surface area contributed by atoms with Crippen LogP contribution in [0.5, 0.6) is 5.75 Å². The second-order valence-electron chi connectivity index (χ2n) is 6.71. The van der Waals surface area contributed by atoms with E-state index < -0.39 is 0 Å². The molecule has 1 unspecified atom stereocenters. The molecule has 156 valence electrons. The quantitative estimate of drug-likeness (QED) is 0.278. The van der Waals surface area contributed by atoms with E-state index in [1.165, 1.54) is 6.42 Å². The fourth-order valence-electron chi connectivity index (χ4n) is 2.92. The summed E-state index contributed by atoms with van der Waals surface area (Å²) in [6.07, 6.45) is 2.34. The van der Waals surface area contributed by atoms with Crippen LogP contribution in [0.1, 0.15) is 51.7 Å². The van der Waals surface area contributed by atoms with Crippen LogP contribution in [-0.2, 0) is 6.54 Å². The van der Waals surface area contributed by atoms with Crippen LogP contribution in [0, 0.1) is 6.92 Å². The number of aliphatic imine (C=N–C) groups is 1. The van der Waals surface area contributed by atoms with E-state index in [0.29, 0.717) is 12.6 Å². The first kappa shape index (κ1) is 26.0. The Kier molecular flexibility index (Phi) is 14.4. The van der Waals surface area contributed by atoms with Crippen LogP contribution >= 0.6 is 24.0 Å². The molecule has 0 saturated heterocycles. The van der Waals surface area contributed by atoms with E-state index in [4.69, 9.17) is 9.73 Å². The van der Waals surface area contributed by atoms with E-state index >= 15 is 0 Å². The lowest BCUT2D eigenvalue weighted by Crippen LogP contribution is -2.42. The molecule has 0 fully saturated rings. The number of benzene rings is 1. The van der Waals surface area contributed by atoms with E-state index in [-0.39, 0.29) is 24.0 Å². The number of nitrogens with one attached hydrogen (secondary N) is 2. The molecule has 1 aromatic carbocycles. The van der Waals surface area contributed by atoms with Gasteiger partial charge in [0.2, 0.25) is 0 Å². The van der Waals surface area contributed by atoms with Gasteiger partial charge in [0.1, 0.15) is 5.75 Å². The van der Waals surface area contributed by atoms with E-state index in [9.17, 15) is 0 Å². The van der Waals surface area contributed by atoms with Gasteiger partial charge in [-0.3, -0.25) is 0 Å². The van der Waals surface area contributed by atoms with Gasteiger partial charge in [-0.05, 0) is 70.4 Å². The van der Waals surface area contributed by atoms with Gasteiger partial charge in [0.25, 0.3) is 0 Å². The lowest BCUT2D eigenvalue weighted by Gasteiger charge is -2.21. The summed E-state index contributed by atoms with van der Waals surface area (Å²) in [5.41, 5.74) is 2.30. The largest absolute Gasteiger partial charge is 0.496 e. The number of hydrogen-bond donors (Lipinski definition) is 2. The molecule has 0 radical (unpaired) electrons. The highest BCUT2D eigenvalue weighted by atomic mass is 127. The summed E-state index contributed by atoms with van der Waals surface area (Å²) in [4.78, 5) is 7.20. The van der Waals surface area contributed by atoms with Gasteiger partial charge in [-0.15, -0.1) is 24.0 Å². The molecule has 0 heterocycles. The molecular formula is C21H39IN4O. The minimum atomic E-state index is 0. The number of rotatable bonds is 11. The van der Waals surface area contributed by atoms with Crippen LogP contribution in [0.15, 0.2) is 23.2 Å². The maximum atomic E-state index is 5.40. The Morgan fingerprint density at radius 3 is 2.52 bits per heavy atom. The topological polar surface area (TPSA) is 48.9 Å².